The number of aromatic nitrogens is 2. The average molecular weight is 259 g/mol. The highest BCUT2D eigenvalue weighted by Crippen LogP contribution is 2.14. The van der Waals surface area contributed by atoms with E-state index in [2.05, 4.69) is 22.5 Å². The lowest BCUT2D eigenvalue weighted by molar-refractivity contribution is 0.242. The fourth-order valence-corrected chi connectivity index (χ4v) is 1.92. The van der Waals surface area contributed by atoms with Crippen LogP contribution >= 0.6 is 0 Å². The van der Waals surface area contributed by atoms with Crippen molar-refractivity contribution in [2.24, 2.45) is 7.05 Å². The van der Waals surface area contributed by atoms with Crippen LogP contribution in [0.4, 0.5) is 0 Å². The van der Waals surface area contributed by atoms with Gasteiger partial charge in [0.2, 0.25) is 0 Å². The summed E-state index contributed by atoms with van der Waals surface area (Å²) >= 11 is 0. The number of hydrogen-bond acceptors (Lipinski definition) is 3. The predicted molar refractivity (Wildman–Crippen MR) is 76.0 cm³/mol. The van der Waals surface area contributed by atoms with Crippen molar-refractivity contribution in [1.29, 1.82) is 0 Å². The summed E-state index contributed by atoms with van der Waals surface area (Å²) in [7, 11) is 1.93. The van der Waals surface area contributed by atoms with Crippen LogP contribution in [0.15, 0.2) is 36.7 Å². The number of ether oxygens (including phenoxy) is 1. The molecule has 0 bridgehead atoms. The Hall–Kier alpha value is -1.81. The molecule has 1 heterocycles. The quantitative estimate of drug-likeness (QED) is 0.866. The molecule has 0 saturated carbocycles. The first-order valence-electron chi connectivity index (χ1n) is 6.57. The van der Waals surface area contributed by atoms with Crippen LogP contribution in [0.5, 0.6) is 5.75 Å². The Morgan fingerprint density at radius 2 is 2.05 bits per heavy atom. The zero-order valence-electron chi connectivity index (χ0n) is 11.8. The summed E-state index contributed by atoms with van der Waals surface area (Å²) in [6, 6.07) is 8.20. The second-order valence-corrected chi connectivity index (χ2v) is 4.94. The van der Waals surface area contributed by atoms with Gasteiger partial charge in [-0.15, -0.1) is 0 Å². The van der Waals surface area contributed by atoms with Gasteiger partial charge in [-0.05, 0) is 31.5 Å². The first-order chi connectivity index (χ1) is 9.13. The normalized spacial score (nSPS) is 10.9. The first-order valence-corrected chi connectivity index (χ1v) is 6.57. The van der Waals surface area contributed by atoms with Crippen LogP contribution < -0.4 is 10.1 Å². The Morgan fingerprint density at radius 3 is 2.74 bits per heavy atom. The zero-order chi connectivity index (χ0) is 13.7. The van der Waals surface area contributed by atoms with Gasteiger partial charge < -0.3 is 10.1 Å². The van der Waals surface area contributed by atoms with Crippen LogP contribution in [-0.4, -0.2) is 15.9 Å². The van der Waals surface area contributed by atoms with Crippen molar-refractivity contribution in [2.75, 3.05) is 0 Å². The Labute approximate surface area is 114 Å². The van der Waals surface area contributed by atoms with Crippen molar-refractivity contribution in [3.05, 3.63) is 47.8 Å². The number of nitrogens with one attached hydrogen (secondary N) is 1. The van der Waals surface area contributed by atoms with E-state index in [0.29, 0.717) is 0 Å². The molecule has 0 radical (unpaired) electrons. The molecule has 0 atom stereocenters. The lowest BCUT2D eigenvalue weighted by atomic mass is 10.2. The van der Waals surface area contributed by atoms with Gasteiger partial charge in [-0.2, -0.15) is 5.10 Å². The molecular formula is C15H21N3O. The molecule has 0 aliphatic rings. The molecule has 0 amide bonds. The summed E-state index contributed by atoms with van der Waals surface area (Å²) < 4.78 is 7.50. The van der Waals surface area contributed by atoms with Gasteiger partial charge in [0.1, 0.15) is 5.75 Å². The molecule has 4 heteroatoms. The third-order valence-corrected chi connectivity index (χ3v) is 2.69. The van der Waals surface area contributed by atoms with Crippen LogP contribution in [-0.2, 0) is 20.1 Å². The Bertz CT molecular complexity index is 520. The molecule has 102 valence electrons. The molecular weight excluding hydrogens is 238 g/mol. The monoisotopic (exact) mass is 259 g/mol. The molecule has 0 aliphatic heterocycles. The SMILES string of the molecule is CC(C)Oc1cccc(CNCc2cnn(C)c2)c1. The maximum Gasteiger partial charge on any atom is 0.120 e. The highest BCUT2D eigenvalue weighted by Gasteiger charge is 2.00. The predicted octanol–water partition coefficient (Wildman–Crippen LogP) is 2.50. The number of aryl methyl sites for hydroxylation is 1. The van der Waals surface area contributed by atoms with E-state index in [9.17, 15) is 0 Å². The largest absolute Gasteiger partial charge is 0.491 e. The Balaban J connectivity index is 1.85. The molecule has 1 aromatic carbocycles. The first kappa shape index (κ1) is 13.6. The molecule has 0 saturated heterocycles. The van der Waals surface area contributed by atoms with Crippen molar-refractivity contribution in [3.8, 4) is 5.75 Å². The zero-order valence-corrected chi connectivity index (χ0v) is 11.8. The van der Waals surface area contributed by atoms with Gasteiger partial charge in [-0.3, -0.25) is 4.68 Å². The summed E-state index contributed by atoms with van der Waals surface area (Å²) in [5.74, 6) is 0.927. The summed E-state index contributed by atoms with van der Waals surface area (Å²) in [4.78, 5) is 0. The van der Waals surface area contributed by atoms with Crippen LogP contribution in [0.2, 0.25) is 0 Å². The van der Waals surface area contributed by atoms with Gasteiger partial charge in [0.25, 0.3) is 0 Å². The third-order valence-electron chi connectivity index (χ3n) is 2.69. The van der Waals surface area contributed by atoms with Crippen LogP contribution in [0.3, 0.4) is 0 Å². The van der Waals surface area contributed by atoms with E-state index in [1.165, 1.54) is 11.1 Å². The number of nitrogens with zero attached hydrogens (tertiary/aromatic N) is 2. The van der Waals surface area contributed by atoms with Crippen LogP contribution in [0, 0.1) is 0 Å². The van der Waals surface area contributed by atoms with Gasteiger partial charge in [0.05, 0.1) is 12.3 Å². The molecule has 2 aromatic rings. The minimum absolute atomic E-state index is 0.207. The maximum atomic E-state index is 5.68. The van der Waals surface area contributed by atoms with Gasteiger partial charge in [-0.1, -0.05) is 12.1 Å². The second kappa shape index (κ2) is 6.38. The van der Waals surface area contributed by atoms with Crippen molar-refractivity contribution in [1.82, 2.24) is 15.1 Å². The molecule has 0 aliphatic carbocycles. The fourth-order valence-electron chi connectivity index (χ4n) is 1.92. The minimum Gasteiger partial charge on any atom is -0.491 e. The smallest absolute Gasteiger partial charge is 0.120 e. The molecule has 4 nitrogen and oxygen atoms in total. The standard InChI is InChI=1S/C15H21N3O/c1-12(2)19-15-6-4-5-13(7-15)8-16-9-14-10-17-18(3)11-14/h4-7,10-12,16H,8-9H2,1-3H3. The lowest BCUT2D eigenvalue weighted by Gasteiger charge is -2.11. The van der Waals surface area contributed by atoms with Gasteiger partial charge in [0, 0.05) is 31.9 Å². The van der Waals surface area contributed by atoms with E-state index in [4.69, 9.17) is 4.74 Å². The van der Waals surface area contributed by atoms with E-state index in [0.717, 1.165) is 18.8 Å². The molecule has 0 fully saturated rings. The van der Waals surface area contributed by atoms with Crippen molar-refractivity contribution < 1.29 is 4.74 Å². The molecule has 0 unspecified atom stereocenters. The summed E-state index contributed by atoms with van der Waals surface area (Å²) in [5.41, 5.74) is 2.42. The summed E-state index contributed by atoms with van der Waals surface area (Å²) in [6.07, 6.45) is 4.11. The van der Waals surface area contributed by atoms with Gasteiger partial charge >= 0.3 is 0 Å². The topological polar surface area (TPSA) is 39.1 Å². The molecule has 1 N–H and O–H groups in total. The van der Waals surface area contributed by atoms with Gasteiger partial charge in [0.15, 0.2) is 0 Å². The second-order valence-electron chi connectivity index (χ2n) is 4.94. The summed E-state index contributed by atoms with van der Waals surface area (Å²) in [5, 5.41) is 7.55. The fraction of sp³-hybridized carbons (Fsp3) is 0.400. The van der Waals surface area contributed by atoms with Crippen molar-refractivity contribution in [3.63, 3.8) is 0 Å². The van der Waals surface area contributed by atoms with Crippen molar-refractivity contribution >= 4 is 0 Å². The number of benzene rings is 1. The van der Waals surface area contributed by atoms with Gasteiger partial charge in [-0.25, -0.2) is 0 Å². The lowest BCUT2D eigenvalue weighted by Crippen LogP contribution is -2.12. The number of hydrogen-bond donors (Lipinski definition) is 1. The summed E-state index contributed by atoms with van der Waals surface area (Å²) in [6.45, 7) is 5.72. The Morgan fingerprint density at radius 1 is 1.26 bits per heavy atom. The van der Waals surface area contributed by atoms with Crippen LogP contribution in [0.1, 0.15) is 25.0 Å². The molecule has 1 aromatic heterocycles. The maximum absolute atomic E-state index is 5.68. The van der Waals surface area contributed by atoms with E-state index in [1.807, 2.05) is 50.1 Å². The molecule has 2 rings (SSSR count). The average Bonchev–Trinajstić information content (AvgIpc) is 2.75. The van der Waals surface area contributed by atoms with E-state index in [-0.39, 0.29) is 6.10 Å². The number of rotatable bonds is 6. The third kappa shape index (κ3) is 4.41. The highest BCUT2D eigenvalue weighted by molar-refractivity contribution is 5.28. The van der Waals surface area contributed by atoms with Crippen LogP contribution in [0.25, 0.3) is 0 Å². The molecule has 19 heavy (non-hydrogen) atoms. The van der Waals surface area contributed by atoms with E-state index < -0.39 is 0 Å². The minimum atomic E-state index is 0.207. The molecule has 0 spiro atoms. The Kier molecular flexibility index (Phi) is 4.58. The van der Waals surface area contributed by atoms with E-state index in [1.54, 1.807) is 0 Å². The van der Waals surface area contributed by atoms with Crippen molar-refractivity contribution in [2.45, 2.75) is 33.0 Å². The van der Waals surface area contributed by atoms with E-state index >= 15 is 0 Å². The highest BCUT2D eigenvalue weighted by atomic mass is 16.5.